The number of fused-ring (bicyclic) bond motifs is 1. The molecule has 0 N–H and O–H groups in total. The summed E-state index contributed by atoms with van der Waals surface area (Å²) in [5.74, 6) is -1.15. The third-order valence-corrected chi connectivity index (χ3v) is 6.98. The molecule has 0 radical (unpaired) electrons. The monoisotopic (exact) mass is 485 g/mol. The Morgan fingerprint density at radius 2 is 2.00 bits per heavy atom. The van der Waals surface area contributed by atoms with Crippen molar-refractivity contribution in [3.63, 3.8) is 0 Å². The molecule has 0 amide bonds. The van der Waals surface area contributed by atoms with Crippen LogP contribution in [0.25, 0.3) is 0 Å². The molecular weight excluding hydrogens is 460 g/mol. The van der Waals surface area contributed by atoms with E-state index in [2.05, 4.69) is 10.3 Å². The highest BCUT2D eigenvalue weighted by molar-refractivity contribution is 5.34. The summed E-state index contributed by atoms with van der Waals surface area (Å²) in [6.45, 7) is 1.81. The van der Waals surface area contributed by atoms with Crippen LogP contribution in [0.4, 0.5) is 8.78 Å². The van der Waals surface area contributed by atoms with Gasteiger partial charge in [0.1, 0.15) is 30.0 Å². The van der Waals surface area contributed by atoms with Gasteiger partial charge < -0.3 is 4.74 Å². The average Bonchev–Trinajstić information content (AvgIpc) is 3.47. The molecule has 0 saturated carbocycles. The summed E-state index contributed by atoms with van der Waals surface area (Å²) in [6.07, 6.45) is 5.88. The first-order valence-corrected chi connectivity index (χ1v) is 11.6. The number of allylic oxidation sites excluding steroid dienone is 2. The predicted molar refractivity (Wildman–Crippen MR) is 119 cm³/mol. The van der Waals surface area contributed by atoms with Gasteiger partial charge in [0.15, 0.2) is 0 Å². The summed E-state index contributed by atoms with van der Waals surface area (Å²) < 4.78 is 40.2. The lowest BCUT2D eigenvalue weighted by Crippen LogP contribution is -2.38. The van der Waals surface area contributed by atoms with Crippen LogP contribution in [-0.4, -0.2) is 54.7 Å². The lowest BCUT2D eigenvalue weighted by Gasteiger charge is -2.28. The van der Waals surface area contributed by atoms with Gasteiger partial charge in [0.2, 0.25) is 0 Å². The van der Waals surface area contributed by atoms with Crippen LogP contribution in [-0.2, 0) is 24.4 Å². The lowest BCUT2D eigenvalue weighted by atomic mass is 9.88. The molecule has 1 saturated heterocycles. The third kappa shape index (κ3) is 4.74. The molecular formula is C23H25F2N7O3. The van der Waals surface area contributed by atoms with Crippen LogP contribution in [0, 0.1) is 17.2 Å². The van der Waals surface area contributed by atoms with Crippen molar-refractivity contribution in [1.82, 2.24) is 29.3 Å². The quantitative estimate of drug-likeness (QED) is 0.631. The SMILES string of the molecule is N#Cc1cc(=O)n2n(c1=O)CCC(CC1=C(F)CC(N3CO[C@@H](Cn4ccnn4)C3)C=C1F)CC2. The Bertz CT molecular complexity index is 1320. The van der Waals surface area contributed by atoms with E-state index in [0.29, 0.717) is 25.9 Å². The van der Waals surface area contributed by atoms with E-state index in [9.17, 15) is 9.59 Å². The van der Waals surface area contributed by atoms with Gasteiger partial charge >= 0.3 is 0 Å². The highest BCUT2D eigenvalue weighted by Gasteiger charge is 2.33. The topological polar surface area (TPSA) is 111 Å². The second kappa shape index (κ2) is 9.67. The second-order valence-electron chi connectivity index (χ2n) is 9.19. The Hall–Kier alpha value is -3.43. The van der Waals surface area contributed by atoms with Gasteiger partial charge in [-0.15, -0.1) is 5.10 Å². The summed E-state index contributed by atoms with van der Waals surface area (Å²) in [5, 5.41) is 16.8. The average molecular weight is 485 g/mol. The first-order valence-electron chi connectivity index (χ1n) is 11.6. The van der Waals surface area contributed by atoms with Gasteiger partial charge in [0.25, 0.3) is 11.1 Å². The minimum Gasteiger partial charge on any atom is -0.360 e. The van der Waals surface area contributed by atoms with Crippen LogP contribution in [0.5, 0.6) is 0 Å². The molecule has 0 spiro atoms. The molecule has 10 nitrogen and oxygen atoms in total. The molecule has 1 fully saturated rings. The second-order valence-corrected chi connectivity index (χ2v) is 9.19. The normalized spacial score (nSPS) is 25.2. The third-order valence-electron chi connectivity index (χ3n) is 6.98. The van der Waals surface area contributed by atoms with Crippen molar-refractivity contribution in [2.75, 3.05) is 13.3 Å². The fraction of sp³-hybridized carbons (Fsp3) is 0.522. The van der Waals surface area contributed by atoms with Crippen LogP contribution in [0.15, 0.2) is 51.4 Å². The summed E-state index contributed by atoms with van der Waals surface area (Å²) >= 11 is 0. The van der Waals surface area contributed by atoms with Crippen molar-refractivity contribution in [2.24, 2.45) is 5.92 Å². The van der Waals surface area contributed by atoms with Gasteiger partial charge in [-0.05, 0) is 31.3 Å². The zero-order valence-electron chi connectivity index (χ0n) is 19.0. The van der Waals surface area contributed by atoms with Crippen molar-refractivity contribution in [3.05, 3.63) is 68.0 Å². The van der Waals surface area contributed by atoms with Crippen molar-refractivity contribution < 1.29 is 13.5 Å². The number of halogens is 2. The summed E-state index contributed by atoms with van der Waals surface area (Å²) in [6, 6.07) is 2.37. The van der Waals surface area contributed by atoms with Gasteiger partial charge in [0, 0.05) is 49.9 Å². The molecule has 2 aromatic rings. The van der Waals surface area contributed by atoms with E-state index in [1.807, 2.05) is 4.90 Å². The maximum absolute atomic E-state index is 15.1. The summed E-state index contributed by atoms with van der Waals surface area (Å²) in [5.41, 5.74) is -1.07. The fourth-order valence-corrected chi connectivity index (χ4v) is 5.06. The van der Waals surface area contributed by atoms with E-state index < -0.39 is 28.8 Å². The smallest absolute Gasteiger partial charge is 0.283 e. The number of hydrogen-bond acceptors (Lipinski definition) is 7. The highest BCUT2D eigenvalue weighted by atomic mass is 19.1. The molecule has 2 aliphatic heterocycles. The standard InChI is InChI=1S/C23H25F2N7O3/c24-20-9-17(29-12-18(35-14-29)13-30-6-3-27-28-30)10-21(25)19(20)7-15-1-4-31-22(33)8-16(11-26)23(34)32(31)5-2-15/h3,6,8-9,15,17-18H,1-2,4-5,7,10,12-14H2/t15?,17?,18-/m1/s1. The van der Waals surface area contributed by atoms with Crippen LogP contribution in [0.2, 0.25) is 0 Å². The number of ether oxygens (including phenoxy) is 1. The van der Waals surface area contributed by atoms with E-state index in [1.165, 1.54) is 15.4 Å². The first-order chi connectivity index (χ1) is 16.9. The van der Waals surface area contributed by atoms with E-state index in [4.69, 9.17) is 10.00 Å². The molecule has 2 aromatic heterocycles. The largest absolute Gasteiger partial charge is 0.360 e. The van der Waals surface area contributed by atoms with E-state index >= 15 is 8.78 Å². The molecule has 184 valence electrons. The molecule has 4 heterocycles. The van der Waals surface area contributed by atoms with E-state index in [-0.39, 0.29) is 55.8 Å². The molecule has 5 rings (SSSR count). The van der Waals surface area contributed by atoms with E-state index in [1.54, 1.807) is 23.1 Å². The Balaban J connectivity index is 1.23. The van der Waals surface area contributed by atoms with Gasteiger partial charge in [-0.1, -0.05) is 5.21 Å². The Morgan fingerprint density at radius 1 is 1.20 bits per heavy atom. The summed E-state index contributed by atoms with van der Waals surface area (Å²) in [7, 11) is 0. The maximum atomic E-state index is 15.1. The van der Waals surface area contributed by atoms with Crippen LogP contribution in [0.3, 0.4) is 0 Å². The molecule has 0 bridgehead atoms. The van der Waals surface area contributed by atoms with Crippen molar-refractivity contribution in [1.29, 1.82) is 5.26 Å². The van der Waals surface area contributed by atoms with Gasteiger partial charge in [-0.3, -0.25) is 14.5 Å². The zero-order valence-corrected chi connectivity index (χ0v) is 19.0. The Morgan fingerprint density at radius 3 is 2.71 bits per heavy atom. The van der Waals surface area contributed by atoms with E-state index in [0.717, 1.165) is 6.07 Å². The first kappa shape index (κ1) is 23.3. The molecule has 35 heavy (non-hydrogen) atoms. The number of aromatic nitrogens is 5. The molecule has 12 heteroatoms. The Labute approximate surface area is 199 Å². The van der Waals surface area contributed by atoms with Gasteiger partial charge in [-0.25, -0.2) is 22.8 Å². The van der Waals surface area contributed by atoms with Crippen molar-refractivity contribution in [2.45, 2.75) is 57.5 Å². The van der Waals surface area contributed by atoms with Gasteiger partial charge in [-0.2, -0.15) is 5.26 Å². The molecule has 1 aliphatic carbocycles. The number of rotatable bonds is 5. The molecule has 3 aliphatic rings. The van der Waals surface area contributed by atoms with Gasteiger partial charge in [0.05, 0.1) is 18.8 Å². The number of hydrogen-bond donors (Lipinski definition) is 0. The molecule has 0 aromatic carbocycles. The number of nitrogens with zero attached hydrogens (tertiary/aromatic N) is 7. The summed E-state index contributed by atoms with van der Waals surface area (Å²) in [4.78, 5) is 26.7. The van der Waals surface area contributed by atoms with Crippen molar-refractivity contribution in [3.8, 4) is 6.07 Å². The fourth-order valence-electron chi connectivity index (χ4n) is 5.06. The highest BCUT2D eigenvalue weighted by Crippen LogP contribution is 2.36. The minimum atomic E-state index is -0.568. The Kier molecular flexibility index (Phi) is 6.44. The van der Waals surface area contributed by atoms with Crippen LogP contribution in [0.1, 0.15) is 31.2 Å². The van der Waals surface area contributed by atoms with Crippen molar-refractivity contribution >= 4 is 0 Å². The number of nitriles is 1. The van der Waals surface area contributed by atoms with Crippen LogP contribution >= 0.6 is 0 Å². The maximum Gasteiger partial charge on any atom is 0.283 e. The zero-order chi connectivity index (χ0) is 24.5. The predicted octanol–water partition coefficient (Wildman–Crippen LogP) is 1.48. The minimum absolute atomic E-state index is 0.0638. The van der Waals surface area contributed by atoms with Crippen LogP contribution < -0.4 is 11.1 Å². The molecule has 3 atom stereocenters. The molecule has 2 unspecified atom stereocenters. The lowest BCUT2D eigenvalue weighted by molar-refractivity contribution is 0.0715.